The van der Waals surface area contributed by atoms with Crippen LogP contribution >= 0.6 is 11.8 Å². The van der Waals surface area contributed by atoms with Crippen LogP contribution in [0.5, 0.6) is 0 Å². The van der Waals surface area contributed by atoms with Crippen molar-refractivity contribution >= 4 is 29.1 Å². The molecule has 2 rings (SSSR count). The van der Waals surface area contributed by atoms with Crippen LogP contribution in [-0.4, -0.2) is 17.3 Å². The van der Waals surface area contributed by atoms with E-state index in [1.807, 2.05) is 20.1 Å². The van der Waals surface area contributed by atoms with Crippen LogP contribution in [0.1, 0.15) is 21.5 Å². The topological polar surface area (TPSA) is 62.0 Å². The Morgan fingerprint density at radius 2 is 1.62 bits per heavy atom. The van der Waals surface area contributed by atoms with Crippen LogP contribution in [0.3, 0.4) is 0 Å². The Balaban J connectivity index is 2.27. The van der Waals surface area contributed by atoms with Crippen LogP contribution in [0.15, 0.2) is 51.5 Å². The summed E-state index contributed by atoms with van der Waals surface area (Å²) >= 11 is 1.70. The van der Waals surface area contributed by atoms with Crippen molar-refractivity contribution in [2.45, 2.75) is 18.7 Å². The molecular weight excluding hydrogens is 284 g/mol. The van der Waals surface area contributed by atoms with Crippen LogP contribution < -0.4 is 0 Å². The molecule has 2 aromatic rings. The molecule has 0 spiro atoms. The van der Waals surface area contributed by atoms with Crippen molar-refractivity contribution in [1.29, 1.82) is 0 Å². The molecule has 0 aliphatic carbocycles. The summed E-state index contributed by atoms with van der Waals surface area (Å²) in [6.45, 7) is 4.02. The van der Waals surface area contributed by atoms with E-state index in [0.717, 1.165) is 16.8 Å². The number of carboxylic acids is 1. The summed E-state index contributed by atoms with van der Waals surface area (Å²) in [7, 11) is 0. The number of carboxylic acid groups (broad SMARTS) is 1. The maximum absolute atomic E-state index is 10.8. The molecule has 4 nitrogen and oxygen atoms in total. The summed E-state index contributed by atoms with van der Waals surface area (Å²) < 4.78 is 0. The maximum atomic E-state index is 10.8. The monoisotopic (exact) mass is 300 g/mol. The molecule has 0 bridgehead atoms. The fourth-order valence-corrected chi connectivity index (χ4v) is 2.56. The van der Waals surface area contributed by atoms with Crippen molar-refractivity contribution in [3.63, 3.8) is 0 Å². The SMILES string of the molecule is CSc1cc(C)c(N=Nc2ccc(C(=O)O)cc2)c(C)c1. The Morgan fingerprint density at radius 1 is 1.05 bits per heavy atom. The van der Waals surface area contributed by atoms with Gasteiger partial charge in [-0.1, -0.05) is 0 Å². The second-order valence-electron chi connectivity index (χ2n) is 4.66. The first-order valence-corrected chi connectivity index (χ1v) is 7.64. The summed E-state index contributed by atoms with van der Waals surface area (Å²) in [6.07, 6.45) is 2.04. The molecule has 0 heterocycles. The van der Waals surface area contributed by atoms with Crippen molar-refractivity contribution in [3.05, 3.63) is 53.1 Å². The third kappa shape index (κ3) is 3.70. The molecule has 0 saturated heterocycles. The molecule has 5 heteroatoms. The van der Waals surface area contributed by atoms with E-state index in [2.05, 4.69) is 22.4 Å². The Labute approximate surface area is 127 Å². The highest BCUT2D eigenvalue weighted by molar-refractivity contribution is 7.98. The van der Waals surface area contributed by atoms with E-state index in [0.29, 0.717) is 5.69 Å². The van der Waals surface area contributed by atoms with Crippen molar-refractivity contribution in [2.75, 3.05) is 6.26 Å². The lowest BCUT2D eigenvalue weighted by Crippen LogP contribution is -1.93. The minimum absolute atomic E-state index is 0.241. The molecule has 0 amide bonds. The Bertz CT molecular complexity index is 671. The predicted octanol–water partition coefficient (Wildman–Crippen LogP) is 5.14. The van der Waals surface area contributed by atoms with Crippen molar-refractivity contribution < 1.29 is 9.90 Å². The lowest BCUT2D eigenvalue weighted by atomic mass is 10.1. The number of thioether (sulfide) groups is 1. The highest BCUT2D eigenvalue weighted by atomic mass is 32.2. The van der Waals surface area contributed by atoms with Gasteiger partial charge in [0.15, 0.2) is 0 Å². The minimum atomic E-state index is -0.946. The molecule has 0 aliphatic rings. The van der Waals surface area contributed by atoms with Crippen LogP contribution in [0, 0.1) is 13.8 Å². The van der Waals surface area contributed by atoms with Gasteiger partial charge in [0.25, 0.3) is 0 Å². The normalized spacial score (nSPS) is 11.0. The first-order chi connectivity index (χ1) is 10.0. The van der Waals surface area contributed by atoms with Crippen LogP contribution in [0.2, 0.25) is 0 Å². The van der Waals surface area contributed by atoms with Crippen LogP contribution in [0.4, 0.5) is 11.4 Å². The van der Waals surface area contributed by atoms with Gasteiger partial charge in [0, 0.05) is 4.90 Å². The Morgan fingerprint density at radius 3 is 2.10 bits per heavy atom. The minimum Gasteiger partial charge on any atom is -0.478 e. The average Bonchev–Trinajstić information content (AvgIpc) is 2.46. The summed E-state index contributed by atoms with van der Waals surface area (Å²) in [5.74, 6) is -0.946. The Kier molecular flexibility index (Phi) is 4.75. The molecule has 21 heavy (non-hydrogen) atoms. The van der Waals surface area contributed by atoms with Crippen LogP contribution in [-0.2, 0) is 0 Å². The molecule has 1 N–H and O–H groups in total. The molecule has 0 atom stereocenters. The zero-order valence-corrected chi connectivity index (χ0v) is 12.9. The fourth-order valence-electron chi connectivity index (χ4n) is 1.97. The van der Waals surface area contributed by atoms with E-state index in [4.69, 9.17) is 5.11 Å². The average molecular weight is 300 g/mol. The number of rotatable bonds is 4. The van der Waals surface area contributed by atoms with Gasteiger partial charge in [-0.05, 0) is 67.6 Å². The molecule has 0 fully saturated rings. The van der Waals surface area contributed by atoms with E-state index in [1.165, 1.54) is 17.0 Å². The summed E-state index contributed by atoms with van der Waals surface area (Å²) in [5, 5.41) is 17.3. The lowest BCUT2D eigenvalue weighted by molar-refractivity contribution is 0.0697. The van der Waals surface area contributed by atoms with E-state index in [-0.39, 0.29) is 5.56 Å². The van der Waals surface area contributed by atoms with Crippen molar-refractivity contribution in [3.8, 4) is 0 Å². The number of azo groups is 1. The molecule has 108 valence electrons. The second-order valence-corrected chi connectivity index (χ2v) is 5.54. The van der Waals surface area contributed by atoms with Gasteiger partial charge >= 0.3 is 5.97 Å². The number of hydrogen-bond acceptors (Lipinski definition) is 4. The quantitative estimate of drug-likeness (QED) is 0.628. The van der Waals surface area contributed by atoms with Crippen LogP contribution in [0.25, 0.3) is 0 Å². The zero-order valence-electron chi connectivity index (χ0n) is 12.1. The molecule has 0 radical (unpaired) electrons. The second kappa shape index (κ2) is 6.54. The van der Waals surface area contributed by atoms with E-state index in [9.17, 15) is 4.79 Å². The zero-order chi connectivity index (χ0) is 15.4. The molecule has 0 aliphatic heterocycles. The largest absolute Gasteiger partial charge is 0.478 e. The van der Waals surface area contributed by atoms with Crippen molar-refractivity contribution in [1.82, 2.24) is 0 Å². The van der Waals surface area contributed by atoms with E-state index < -0.39 is 5.97 Å². The molecule has 2 aromatic carbocycles. The lowest BCUT2D eigenvalue weighted by Gasteiger charge is -2.06. The number of nitrogens with zero attached hydrogens (tertiary/aromatic N) is 2. The van der Waals surface area contributed by atoms with Gasteiger partial charge in [-0.3, -0.25) is 0 Å². The fraction of sp³-hybridized carbons (Fsp3) is 0.188. The van der Waals surface area contributed by atoms with Gasteiger partial charge in [0.05, 0.1) is 16.9 Å². The van der Waals surface area contributed by atoms with Gasteiger partial charge in [-0.15, -0.1) is 11.8 Å². The molecular formula is C16H16N2O2S. The highest BCUT2D eigenvalue weighted by Gasteiger charge is 2.05. The van der Waals surface area contributed by atoms with E-state index in [1.54, 1.807) is 23.9 Å². The van der Waals surface area contributed by atoms with E-state index >= 15 is 0 Å². The number of hydrogen-bond donors (Lipinski definition) is 1. The smallest absolute Gasteiger partial charge is 0.335 e. The first kappa shape index (κ1) is 15.3. The highest BCUT2D eigenvalue weighted by Crippen LogP contribution is 2.30. The van der Waals surface area contributed by atoms with Gasteiger partial charge < -0.3 is 5.11 Å². The van der Waals surface area contributed by atoms with Gasteiger partial charge in [0.1, 0.15) is 0 Å². The Hall–Kier alpha value is -2.14. The third-order valence-electron chi connectivity index (χ3n) is 3.08. The molecule has 0 unspecified atom stereocenters. The summed E-state index contributed by atoms with van der Waals surface area (Å²) in [5.41, 5.74) is 3.88. The number of aryl methyl sites for hydroxylation is 2. The number of aromatic carboxylic acids is 1. The maximum Gasteiger partial charge on any atom is 0.335 e. The standard InChI is InChI=1S/C16H16N2O2S/c1-10-8-14(21-3)9-11(2)15(10)18-17-13-6-4-12(5-7-13)16(19)20/h4-9H,1-3H3,(H,19,20). The molecule has 0 saturated carbocycles. The molecule has 0 aromatic heterocycles. The number of carbonyl (C=O) groups is 1. The van der Waals surface area contributed by atoms with Gasteiger partial charge in [-0.2, -0.15) is 10.2 Å². The predicted molar refractivity (Wildman–Crippen MR) is 85.3 cm³/mol. The summed E-state index contributed by atoms with van der Waals surface area (Å²) in [6, 6.07) is 10.5. The van der Waals surface area contributed by atoms with Crippen molar-refractivity contribution in [2.24, 2.45) is 10.2 Å². The first-order valence-electron chi connectivity index (χ1n) is 6.41. The summed E-state index contributed by atoms with van der Waals surface area (Å²) in [4.78, 5) is 12.0. The van der Waals surface area contributed by atoms with Gasteiger partial charge in [0.2, 0.25) is 0 Å². The third-order valence-corrected chi connectivity index (χ3v) is 3.79. The number of benzene rings is 2. The van der Waals surface area contributed by atoms with Gasteiger partial charge in [-0.25, -0.2) is 4.79 Å².